The van der Waals surface area contributed by atoms with Gasteiger partial charge in [0, 0.05) is 52.4 Å². The third kappa shape index (κ3) is 11.8. The van der Waals surface area contributed by atoms with Crippen LogP contribution in [0.1, 0.15) is 55.5 Å². The van der Waals surface area contributed by atoms with Crippen molar-refractivity contribution in [1.82, 2.24) is 19.9 Å². The van der Waals surface area contributed by atoms with Crippen LogP contribution in [0.5, 0.6) is 0 Å². The number of pyridine rings is 4. The van der Waals surface area contributed by atoms with Crippen LogP contribution in [0.4, 0.5) is 0 Å². The van der Waals surface area contributed by atoms with E-state index in [9.17, 15) is 14.4 Å². The Morgan fingerprint density at radius 3 is 1.73 bits per heavy atom. The predicted molar refractivity (Wildman–Crippen MR) is 199 cm³/mol. The van der Waals surface area contributed by atoms with Crippen LogP contribution in [0.15, 0.2) is 106 Å². The van der Waals surface area contributed by atoms with Crippen molar-refractivity contribution in [2.45, 2.75) is 27.1 Å². The van der Waals surface area contributed by atoms with Gasteiger partial charge in [0.25, 0.3) is 5.78 Å². The summed E-state index contributed by atoms with van der Waals surface area (Å²) in [5.74, 6) is -1.20. The quantitative estimate of drug-likeness (QED) is 0.0760. The van der Waals surface area contributed by atoms with E-state index < -0.39 is 26.4 Å². The molecule has 2 aromatic carbocycles. The zero-order chi connectivity index (χ0) is 36.0. The van der Waals surface area contributed by atoms with Crippen LogP contribution in [0.2, 0.25) is 0 Å². The standard InChI is InChI=1S/C18H13BrN2O3.C18H15BrN2O2.CH4.O2Se/c1-24-10-11-3-2-4-12(7-11)17(22)18(23)15-6-5-14-16(21-15)8-13(19)9-20-14;1-23-11-12-3-2-4-13(7-12)18(22)9-15-5-6-16-17(21-15)8-14(19)10-20-16;;1-3-2/h2-9H,10H2,1H3;2-8,10H,9,11H2,1H3;1H4;. The van der Waals surface area contributed by atoms with E-state index in [1.54, 1.807) is 56.9 Å². The summed E-state index contributed by atoms with van der Waals surface area (Å²) in [5.41, 5.74) is 6.44. The van der Waals surface area contributed by atoms with E-state index in [1.165, 1.54) is 6.07 Å². The second-order valence-corrected chi connectivity index (χ2v) is 12.6. The number of carbonyl (C=O) groups excluding carboxylic acids is 3. The third-order valence-electron chi connectivity index (χ3n) is 6.91. The molecule has 14 heteroatoms. The maximum atomic E-state index is 12.5. The number of benzene rings is 2. The summed E-state index contributed by atoms with van der Waals surface area (Å²) in [5, 5.41) is 0. The third-order valence-corrected chi connectivity index (χ3v) is 7.77. The molecule has 0 spiro atoms. The Kier molecular flexibility index (Phi) is 16.4. The number of nitrogens with zero attached hydrogens (tertiary/aromatic N) is 4. The fourth-order valence-electron chi connectivity index (χ4n) is 4.72. The van der Waals surface area contributed by atoms with Crippen molar-refractivity contribution in [3.63, 3.8) is 0 Å². The van der Waals surface area contributed by atoms with Gasteiger partial charge < -0.3 is 9.47 Å². The molecule has 0 unspecified atom stereocenters. The Morgan fingerprint density at radius 1 is 0.647 bits per heavy atom. The van der Waals surface area contributed by atoms with E-state index in [4.69, 9.17) is 17.1 Å². The Balaban J connectivity index is 0.000000251. The van der Waals surface area contributed by atoms with E-state index in [2.05, 4.69) is 51.8 Å². The number of Topliss-reactive ketones (excluding diaryl/α,β-unsaturated/α-hetero) is 3. The molecule has 0 aliphatic heterocycles. The molecular weight excluding hydrogens is 851 g/mol. The normalized spacial score (nSPS) is 10.2. The van der Waals surface area contributed by atoms with Gasteiger partial charge in [-0.3, -0.25) is 29.3 Å². The molecule has 6 rings (SSSR count). The molecule has 0 amide bonds. The number of fused-ring (bicyclic) bond motifs is 2. The topological polar surface area (TPSA) is 155 Å². The number of rotatable bonds is 10. The van der Waals surface area contributed by atoms with Gasteiger partial charge in [0.2, 0.25) is 5.78 Å². The molecule has 51 heavy (non-hydrogen) atoms. The first-order chi connectivity index (χ1) is 24.1. The number of ether oxygens (including phenoxy) is 2. The molecule has 262 valence electrons. The summed E-state index contributed by atoms with van der Waals surface area (Å²) < 4.78 is 28.7. The van der Waals surface area contributed by atoms with Crippen LogP contribution >= 0.6 is 31.9 Å². The molecule has 0 bridgehead atoms. The minimum atomic E-state index is -1.62. The van der Waals surface area contributed by atoms with Crippen molar-refractivity contribution in [3.05, 3.63) is 140 Å². The predicted octanol–water partition coefficient (Wildman–Crippen LogP) is 7.59. The van der Waals surface area contributed by atoms with Gasteiger partial charge in [-0.1, -0.05) is 43.8 Å². The molecule has 11 nitrogen and oxygen atoms in total. The Morgan fingerprint density at radius 2 is 1.16 bits per heavy atom. The second-order valence-electron chi connectivity index (χ2n) is 10.5. The van der Waals surface area contributed by atoms with Gasteiger partial charge in [-0.25, -0.2) is 4.98 Å². The summed E-state index contributed by atoms with van der Waals surface area (Å²) in [6.45, 7) is 0.873. The van der Waals surface area contributed by atoms with Gasteiger partial charge in [0.05, 0.1) is 41.7 Å². The van der Waals surface area contributed by atoms with Crippen molar-refractivity contribution in [2.75, 3.05) is 14.2 Å². The van der Waals surface area contributed by atoms with Gasteiger partial charge in [0.1, 0.15) is 5.69 Å². The van der Waals surface area contributed by atoms with Crippen LogP contribution < -0.4 is 0 Å². The number of hydrogen-bond donors (Lipinski definition) is 0. The average molecular weight is 883 g/mol. The molecule has 0 atom stereocenters. The molecule has 0 saturated heterocycles. The molecule has 4 heterocycles. The van der Waals surface area contributed by atoms with Crippen LogP contribution in [0.25, 0.3) is 22.1 Å². The van der Waals surface area contributed by atoms with E-state index >= 15 is 0 Å². The number of ketones is 3. The van der Waals surface area contributed by atoms with Crippen LogP contribution in [0, 0.1) is 0 Å². The van der Waals surface area contributed by atoms with E-state index in [1.807, 2.05) is 48.5 Å². The molecule has 6 aromatic rings. The maximum absolute atomic E-state index is 12.5. The molecule has 0 aliphatic rings. The monoisotopic (exact) mass is 882 g/mol. The van der Waals surface area contributed by atoms with Crippen LogP contribution in [-0.2, 0) is 36.8 Å². The second kappa shape index (κ2) is 20.4. The van der Waals surface area contributed by atoms with E-state index in [0.717, 1.165) is 36.8 Å². The van der Waals surface area contributed by atoms with Crippen molar-refractivity contribution >= 4 is 86.1 Å². The van der Waals surface area contributed by atoms with Crippen LogP contribution in [0.3, 0.4) is 0 Å². The Labute approximate surface area is 317 Å². The number of methoxy groups -OCH3 is 2. The Hall–Kier alpha value is -4.43. The van der Waals surface area contributed by atoms with Gasteiger partial charge in [-0.15, -0.1) is 0 Å². The first-order valence-corrected chi connectivity index (χ1v) is 17.7. The van der Waals surface area contributed by atoms with Crippen molar-refractivity contribution in [2.24, 2.45) is 0 Å². The summed E-state index contributed by atoms with van der Waals surface area (Å²) in [4.78, 5) is 54.6. The summed E-state index contributed by atoms with van der Waals surface area (Å²) in [7, 11) is 3.21. The molecule has 0 N–H and O–H groups in total. The van der Waals surface area contributed by atoms with Crippen molar-refractivity contribution < 1.29 is 31.5 Å². The zero-order valence-corrected chi connectivity index (χ0v) is 31.6. The van der Waals surface area contributed by atoms with Gasteiger partial charge in [-0.2, -0.15) is 0 Å². The molecule has 0 radical (unpaired) electrons. The Bertz CT molecular complexity index is 2210. The summed E-state index contributed by atoms with van der Waals surface area (Å²) in [6, 6.07) is 24.9. The summed E-state index contributed by atoms with van der Waals surface area (Å²) in [6.07, 6.45) is 3.65. The average Bonchev–Trinajstić information content (AvgIpc) is 3.11. The van der Waals surface area contributed by atoms with Gasteiger partial charge in [0.15, 0.2) is 5.78 Å². The first kappa shape index (κ1) is 41.0. The van der Waals surface area contributed by atoms with Gasteiger partial charge >= 0.3 is 22.5 Å². The molecule has 0 fully saturated rings. The molecule has 0 saturated carbocycles. The van der Waals surface area contributed by atoms with E-state index in [-0.39, 0.29) is 25.3 Å². The number of halogens is 2. The van der Waals surface area contributed by atoms with Crippen molar-refractivity contribution in [3.8, 4) is 0 Å². The van der Waals surface area contributed by atoms with Crippen molar-refractivity contribution in [1.29, 1.82) is 0 Å². The van der Waals surface area contributed by atoms with Gasteiger partial charge in [-0.05, 0) is 91.5 Å². The number of aromatic nitrogens is 4. The zero-order valence-electron chi connectivity index (χ0n) is 26.7. The SMILES string of the molecule is C.COCc1cccc(C(=O)C(=O)c2ccc3ncc(Br)cc3n2)c1.COCc1cccc(C(=O)Cc2ccc3ncc(Br)cc3n2)c1.O=[Se]=O. The van der Waals surface area contributed by atoms with Crippen LogP contribution in [-0.4, -0.2) is 66.3 Å². The molecular formula is C37H32Br2N4O7Se. The number of carbonyl (C=O) groups is 3. The first-order valence-electron chi connectivity index (χ1n) is 14.7. The number of hydrogen-bond acceptors (Lipinski definition) is 11. The van der Waals surface area contributed by atoms with E-state index in [0.29, 0.717) is 35.4 Å². The molecule has 4 aromatic heterocycles. The fourth-order valence-corrected chi connectivity index (χ4v) is 5.35. The minimum absolute atomic E-state index is 0. The molecule has 0 aliphatic carbocycles. The summed E-state index contributed by atoms with van der Waals surface area (Å²) >= 11 is 5.08. The fraction of sp³-hybridized carbons (Fsp3) is 0.162.